The Morgan fingerprint density at radius 1 is 1.26 bits per heavy atom. The Morgan fingerprint density at radius 2 is 2.04 bits per heavy atom. The van der Waals surface area contributed by atoms with Crippen LogP contribution in [0.3, 0.4) is 0 Å². The first-order valence-corrected chi connectivity index (χ1v) is 9.62. The summed E-state index contributed by atoms with van der Waals surface area (Å²) >= 11 is 9.48. The SMILES string of the molecule is Cc1ccc(Cl)c(OCc2ccc(C(=O)NCCn3cc(Br)cn3)cc2)c1. The fraction of sp³-hybridized carbons (Fsp3) is 0.200. The number of nitrogens with one attached hydrogen (secondary N) is 1. The number of aryl methyl sites for hydroxylation is 1. The van der Waals surface area contributed by atoms with Crippen molar-refractivity contribution < 1.29 is 9.53 Å². The van der Waals surface area contributed by atoms with Crippen LogP contribution in [-0.4, -0.2) is 22.2 Å². The molecule has 27 heavy (non-hydrogen) atoms. The van der Waals surface area contributed by atoms with Gasteiger partial charge in [0.15, 0.2) is 0 Å². The van der Waals surface area contributed by atoms with Gasteiger partial charge in [0.2, 0.25) is 0 Å². The number of benzene rings is 2. The van der Waals surface area contributed by atoms with Crippen molar-refractivity contribution in [1.82, 2.24) is 15.1 Å². The molecule has 2 aromatic carbocycles. The van der Waals surface area contributed by atoms with Gasteiger partial charge in [0, 0.05) is 18.3 Å². The van der Waals surface area contributed by atoms with E-state index in [1.807, 2.05) is 43.5 Å². The molecule has 1 aromatic heterocycles. The topological polar surface area (TPSA) is 56.1 Å². The Labute approximate surface area is 171 Å². The molecule has 0 unspecified atom stereocenters. The van der Waals surface area contributed by atoms with E-state index in [0.29, 0.717) is 36.0 Å². The van der Waals surface area contributed by atoms with Crippen molar-refractivity contribution in [2.75, 3.05) is 6.54 Å². The van der Waals surface area contributed by atoms with E-state index in [9.17, 15) is 4.79 Å². The van der Waals surface area contributed by atoms with Crippen LogP contribution in [0.4, 0.5) is 0 Å². The molecule has 0 saturated carbocycles. The maximum absolute atomic E-state index is 12.2. The van der Waals surface area contributed by atoms with E-state index in [0.717, 1.165) is 15.6 Å². The maximum Gasteiger partial charge on any atom is 0.251 e. The minimum atomic E-state index is -0.115. The van der Waals surface area contributed by atoms with Crippen molar-refractivity contribution in [3.05, 3.63) is 81.0 Å². The molecule has 7 heteroatoms. The van der Waals surface area contributed by atoms with Gasteiger partial charge in [-0.2, -0.15) is 5.10 Å². The molecule has 0 aliphatic rings. The summed E-state index contributed by atoms with van der Waals surface area (Å²) in [6.07, 6.45) is 3.58. The Morgan fingerprint density at radius 3 is 2.74 bits per heavy atom. The van der Waals surface area contributed by atoms with Gasteiger partial charge in [0.25, 0.3) is 5.91 Å². The Bertz CT molecular complexity index is 925. The summed E-state index contributed by atoms with van der Waals surface area (Å²) in [4.78, 5) is 12.2. The molecule has 0 spiro atoms. The van der Waals surface area contributed by atoms with Gasteiger partial charge >= 0.3 is 0 Å². The number of amides is 1. The molecule has 0 fully saturated rings. The van der Waals surface area contributed by atoms with Crippen molar-refractivity contribution >= 4 is 33.4 Å². The van der Waals surface area contributed by atoms with Gasteiger partial charge in [-0.15, -0.1) is 0 Å². The van der Waals surface area contributed by atoms with Gasteiger partial charge in [-0.1, -0.05) is 29.8 Å². The van der Waals surface area contributed by atoms with E-state index in [-0.39, 0.29) is 5.91 Å². The summed E-state index contributed by atoms with van der Waals surface area (Å²) in [7, 11) is 0. The number of aromatic nitrogens is 2. The quantitative estimate of drug-likeness (QED) is 0.574. The Hall–Kier alpha value is -2.31. The van der Waals surface area contributed by atoms with E-state index in [4.69, 9.17) is 16.3 Å². The monoisotopic (exact) mass is 447 g/mol. The second kappa shape index (κ2) is 9.06. The standard InChI is InChI=1S/C20H19BrClN3O2/c1-14-2-7-18(22)19(10-14)27-13-15-3-5-16(6-4-15)20(26)23-8-9-25-12-17(21)11-24-25/h2-7,10-12H,8-9,13H2,1H3,(H,23,26). The van der Waals surface area contributed by atoms with Crippen molar-refractivity contribution in [1.29, 1.82) is 0 Å². The average Bonchev–Trinajstić information content (AvgIpc) is 3.08. The summed E-state index contributed by atoms with van der Waals surface area (Å²) in [5.74, 6) is 0.541. The summed E-state index contributed by atoms with van der Waals surface area (Å²) in [5.41, 5.74) is 2.66. The maximum atomic E-state index is 12.2. The second-order valence-corrected chi connectivity index (χ2v) is 7.42. The van der Waals surface area contributed by atoms with Crippen LogP contribution in [0.2, 0.25) is 5.02 Å². The summed E-state index contributed by atoms with van der Waals surface area (Å²) in [6, 6.07) is 13.0. The molecule has 0 aliphatic carbocycles. The molecule has 0 atom stereocenters. The lowest BCUT2D eigenvalue weighted by Crippen LogP contribution is -2.27. The lowest BCUT2D eigenvalue weighted by molar-refractivity contribution is 0.0952. The zero-order valence-electron chi connectivity index (χ0n) is 14.8. The van der Waals surface area contributed by atoms with Gasteiger partial charge in [-0.3, -0.25) is 9.48 Å². The van der Waals surface area contributed by atoms with Crippen LogP contribution in [-0.2, 0) is 13.2 Å². The lowest BCUT2D eigenvalue weighted by Gasteiger charge is -2.10. The molecule has 0 bridgehead atoms. The smallest absolute Gasteiger partial charge is 0.251 e. The molecule has 0 radical (unpaired) electrons. The largest absolute Gasteiger partial charge is 0.487 e. The average molecular weight is 449 g/mol. The molecule has 5 nitrogen and oxygen atoms in total. The van der Waals surface area contributed by atoms with Gasteiger partial charge in [0.05, 0.1) is 22.2 Å². The molecule has 1 amide bonds. The van der Waals surface area contributed by atoms with Crippen molar-refractivity contribution in [2.24, 2.45) is 0 Å². The van der Waals surface area contributed by atoms with Crippen molar-refractivity contribution in [3.63, 3.8) is 0 Å². The number of carbonyl (C=O) groups excluding carboxylic acids is 1. The second-order valence-electron chi connectivity index (χ2n) is 6.10. The van der Waals surface area contributed by atoms with E-state index < -0.39 is 0 Å². The highest BCUT2D eigenvalue weighted by Gasteiger charge is 2.06. The van der Waals surface area contributed by atoms with Crippen LogP contribution in [0.5, 0.6) is 5.75 Å². The number of hydrogen-bond donors (Lipinski definition) is 1. The van der Waals surface area contributed by atoms with Crippen molar-refractivity contribution in [3.8, 4) is 5.75 Å². The highest BCUT2D eigenvalue weighted by Crippen LogP contribution is 2.26. The number of carbonyl (C=O) groups is 1. The first-order valence-electron chi connectivity index (χ1n) is 8.45. The van der Waals surface area contributed by atoms with Crippen LogP contribution in [0.25, 0.3) is 0 Å². The van der Waals surface area contributed by atoms with Gasteiger partial charge < -0.3 is 10.1 Å². The summed E-state index contributed by atoms with van der Waals surface area (Å²) in [5, 5.41) is 7.62. The van der Waals surface area contributed by atoms with Gasteiger partial charge in [0.1, 0.15) is 12.4 Å². The number of halogens is 2. The molecule has 1 heterocycles. The number of nitrogens with zero attached hydrogens (tertiary/aromatic N) is 2. The zero-order chi connectivity index (χ0) is 19.2. The fourth-order valence-electron chi connectivity index (χ4n) is 2.48. The zero-order valence-corrected chi connectivity index (χ0v) is 17.1. The first kappa shape index (κ1) is 19.5. The van der Waals surface area contributed by atoms with Gasteiger partial charge in [-0.05, 0) is 58.2 Å². The van der Waals surface area contributed by atoms with Crippen LogP contribution >= 0.6 is 27.5 Å². The van der Waals surface area contributed by atoms with Crippen LogP contribution in [0.1, 0.15) is 21.5 Å². The van der Waals surface area contributed by atoms with E-state index in [1.165, 1.54) is 0 Å². The Kier molecular flexibility index (Phi) is 6.53. The molecular formula is C20H19BrClN3O2. The molecule has 140 valence electrons. The summed E-state index contributed by atoms with van der Waals surface area (Å²) in [6.45, 7) is 3.49. The van der Waals surface area contributed by atoms with Crippen molar-refractivity contribution in [2.45, 2.75) is 20.1 Å². The number of ether oxygens (including phenoxy) is 1. The predicted molar refractivity (Wildman–Crippen MR) is 109 cm³/mol. The summed E-state index contributed by atoms with van der Waals surface area (Å²) < 4.78 is 8.45. The van der Waals surface area contributed by atoms with E-state index in [2.05, 4.69) is 26.3 Å². The third kappa shape index (κ3) is 5.58. The number of hydrogen-bond acceptors (Lipinski definition) is 3. The minimum absolute atomic E-state index is 0.115. The lowest BCUT2D eigenvalue weighted by atomic mass is 10.1. The first-order chi connectivity index (χ1) is 13.0. The normalized spacial score (nSPS) is 10.6. The molecule has 0 saturated heterocycles. The molecule has 3 aromatic rings. The Balaban J connectivity index is 1.50. The van der Waals surface area contributed by atoms with E-state index >= 15 is 0 Å². The predicted octanol–water partition coefficient (Wildman–Crippen LogP) is 4.62. The molecule has 3 rings (SSSR count). The number of rotatable bonds is 7. The molecule has 0 aliphatic heterocycles. The highest BCUT2D eigenvalue weighted by molar-refractivity contribution is 9.10. The van der Waals surface area contributed by atoms with Gasteiger partial charge in [-0.25, -0.2) is 0 Å². The highest BCUT2D eigenvalue weighted by atomic mass is 79.9. The molecule has 1 N–H and O–H groups in total. The fourth-order valence-corrected chi connectivity index (χ4v) is 2.98. The molecular weight excluding hydrogens is 430 g/mol. The van der Waals surface area contributed by atoms with E-state index in [1.54, 1.807) is 23.0 Å². The van der Waals surface area contributed by atoms with Crippen LogP contribution < -0.4 is 10.1 Å². The minimum Gasteiger partial charge on any atom is -0.487 e. The third-order valence-electron chi connectivity index (χ3n) is 3.93. The van der Waals surface area contributed by atoms with Crippen LogP contribution in [0.15, 0.2) is 59.3 Å². The third-order valence-corrected chi connectivity index (χ3v) is 4.65. The van der Waals surface area contributed by atoms with Crippen LogP contribution in [0, 0.1) is 6.92 Å².